The minimum Gasteiger partial charge on any atom is -0.285 e. The molecule has 1 saturated carbocycles. The number of nitrogens with zero attached hydrogens (tertiary/aromatic N) is 2. The van der Waals surface area contributed by atoms with E-state index in [1.54, 1.807) is 0 Å². The molecule has 2 atom stereocenters. The van der Waals surface area contributed by atoms with Crippen LogP contribution in [0.25, 0.3) is 0 Å². The highest BCUT2D eigenvalue weighted by molar-refractivity contribution is 5.14. The van der Waals surface area contributed by atoms with Crippen molar-refractivity contribution in [2.45, 2.75) is 71.3 Å². The van der Waals surface area contributed by atoms with Crippen LogP contribution >= 0.6 is 0 Å². The number of rotatable bonds is 1. The molecule has 2 nitrogen and oxygen atoms in total. The first-order chi connectivity index (χ1) is 8.50. The van der Waals surface area contributed by atoms with Crippen LogP contribution in [0.3, 0.4) is 0 Å². The third-order valence-corrected chi connectivity index (χ3v) is 5.22. The van der Waals surface area contributed by atoms with Crippen molar-refractivity contribution in [2.75, 3.05) is 13.1 Å². The van der Waals surface area contributed by atoms with Crippen LogP contribution in [0.4, 0.5) is 0 Å². The molecule has 0 aromatic carbocycles. The number of nitriles is 1. The van der Waals surface area contributed by atoms with Gasteiger partial charge >= 0.3 is 0 Å². The third-order valence-electron chi connectivity index (χ3n) is 5.22. The lowest BCUT2D eigenvalue weighted by atomic mass is 9.63. The van der Waals surface area contributed by atoms with Gasteiger partial charge in [-0.2, -0.15) is 5.26 Å². The van der Waals surface area contributed by atoms with Gasteiger partial charge in [0, 0.05) is 0 Å². The van der Waals surface area contributed by atoms with Gasteiger partial charge in [-0.05, 0) is 56.5 Å². The van der Waals surface area contributed by atoms with Crippen LogP contribution in [-0.4, -0.2) is 23.5 Å². The van der Waals surface area contributed by atoms with Gasteiger partial charge in [0.25, 0.3) is 0 Å². The van der Waals surface area contributed by atoms with Crippen LogP contribution in [0.5, 0.6) is 0 Å². The lowest BCUT2D eigenvalue weighted by Crippen LogP contribution is -2.56. The maximum Gasteiger partial charge on any atom is 0.111 e. The molecule has 0 spiro atoms. The van der Waals surface area contributed by atoms with E-state index >= 15 is 0 Å². The van der Waals surface area contributed by atoms with Gasteiger partial charge in [-0.3, -0.25) is 4.90 Å². The van der Waals surface area contributed by atoms with Gasteiger partial charge in [0.2, 0.25) is 0 Å². The van der Waals surface area contributed by atoms with Crippen molar-refractivity contribution in [3.8, 4) is 6.07 Å². The Hall–Kier alpha value is -0.550. The van der Waals surface area contributed by atoms with Crippen LogP contribution < -0.4 is 0 Å². The molecule has 1 aliphatic carbocycles. The molecule has 18 heavy (non-hydrogen) atoms. The van der Waals surface area contributed by atoms with E-state index in [9.17, 15) is 5.26 Å². The van der Waals surface area contributed by atoms with Crippen molar-refractivity contribution in [3.05, 3.63) is 0 Å². The smallest absolute Gasteiger partial charge is 0.111 e. The molecule has 0 radical (unpaired) electrons. The molecule has 2 rings (SSSR count). The predicted molar refractivity (Wildman–Crippen MR) is 75.2 cm³/mol. The Bertz CT molecular complexity index is 320. The largest absolute Gasteiger partial charge is 0.285 e. The summed E-state index contributed by atoms with van der Waals surface area (Å²) in [7, 11) is 0. The predicted octanol–water partition coefficient (Wildman–Crippen LogP) is 3.97. The second-order valence-corrected chi connectivity index (χ2v) is 7.21. The summed E-state index contributed by atoms with van der Waals surface area (Å²) in [5.74, 6) is 0.504. The summed E-state index contributed by atoms with van der Waals surface area (Å²) in [4.78, 5) is 2.53. The second-order valence-electron chi connectivity index (χ2n) is 7.21. The topological polar surface area (TPSA) is 27.0 Å². The lowest BCUT2D eigenvalue weighted by molar-refractivity contribution is 0.0130. The summed E-state index contributed by atoms with van der Waals surface area (Å²) >= 11 is 0. The molecule has 1 aliphatic heterocycles. The lowest BCUT2D eigenvalue weighted by Gasteiger charge is -2.50. The van der Waals surface area contributed by atoms with Crippen molar-refractivity contribution in [1.82, 2.24) is 4.90 Å². The van der Waals surface area contributed by atoms with E-state index in [0.717, 1.165) is 19.5 Å². The van der Waals surface area contributed by atoms with Gasteiger partial charge in [-0.25, -0.2) is 0 Å². The quantitative estimate of drug-likeness (QED) is 0.702. The van der Waals surface area contributed by atoms with Crippen LogP contribution in [0.1, 0.15) is 65.7 Å². The van der Waals surface area contributed by atoms with E-state index in [0.29, 0.717) is 11.3 Å². The van der Waals surface area contributed by atoms with Gasteiger partial charge in [-0.15, -0.1) is 0 Å². The molecule has 1 saturated heterocycles. The first-order valence-corrected chi connectivity index (χ1v) is 7.66. The normalized spacial score (nSPS) is 37.8. The summed E-state index contributed by atoms with van der Waals surface area (Å²) in [5.41, 5.74) is 0.255. The van der Waals surface area contributed by atoms with E-state index < -0.39 is 0 Å². The molecule has 0 amide bonds. The minimum absolute atomic E-state index is 0.167. The SMILES string of the molecule is CC1CC(C)(C)CCC1(C#N)N1CCCCCC1. The highest BCUT2D eigenvalue weighted by Gasteiger charge is 2.47. The molecule has 2 unspecified atom stereocenters. The van der Waals surface area contributed by atoms with Gasteiger partial charge in [-0.1, -0.05) is 33.6 Å². The van der Waals surface area contributed by atoms with Gasteiger partial charge < -0.3 is 0 Å². The Morgan fingerprint density at radius 2 is 1.67 bits per heavy atom. The molecule has 0 bridgehead atoms. The van der Waals surface area contributed by atoms with Gasteiger partial charge in [0.1, 0.15) is 5.54 Å². The summed E-state index contributed by atoms with van der Waals surface area (Å²) in [6.07, 6.45) is 8.70. The Labute approximate surface area is 112 Å². The fourth-order valence-electron chi connectivity index (χ4n) is 4.05. The highest BCUT2D eigenvalue weighted by atomic mass is 15.2. The summed E-state index contributed by atoms with van der Waals surface area (Å²) < 4.78 is 0. The molecule has 2 aliphatic rings. The Morgan fingerprint density at radius 3 is 2.17 bits per heavy atom. The Kier molecular flexibility index (Phi) is 4.02. The second kappa shape index (κ2) is 5.21. The third kappa shape index (κ3) is 2.57. The van der Waals surface area contributed by atoms with Crippen molar-refractivity contribution >= 4 is 0 Å². The van der Waals surface area contributed by atoms with Gasteiger partial charge in [0.15, 0.2) is 0 Å². The average Bonchev–Trinajstić information content (AvgIpc) is 2.58. The van der Waals surface area contributed by atoms with E-state index in [2.05, 4.69) is 31.7 Å². The zero-order valence-electron chi connectivity index (χ0n) is 12.3. The van der Waals surface area contributed by atoms with E-state index in [-0.39, 0.29) is 5.54 Å². The van der Waals surface area contributed by atoms with Crippen molar-refractivity contribution in [1.29, 1.82) is 5.26 Å². The summed E-state index contributed by atoms with van der Waals surface area (Å²) in [6.45, 7) is 9.28. The monoisotopic (exact) mass is 248 g/mol. The molecule has 2 fully saturated rings. The number of likely N-dealkylation sites (tertiary alicyclic amines) is 1. The molecular weight excluding hydrogens is 220 g/mol. The van der Waals surface area contributed by atoms with Gasteiger partial charge in [0.05, 0.1) is 6.07 Å². The van der Waals surface area contributed by atoms with Crippen LogP contribution in [0, 0.1) is 22.7 Å². The van der Waals surface area contributed by atoms with Crippen LogP contribution in [0.15, 0.2) is 0 Å². The molecule has 0 aromatic heterocycles. The molecule has 102 valence electrons. The molecular formula is C16H28N2. The standard InChI is InChI=1S/C16H28N2/c1-14-12-15(2,3)8-9-16(14,13-17)18-10-6-4-5-7-11-18/h14H,4-12H2,1-3H3. The van der Waals surface area contributed by atoms with Crippen molar-refractivity contribution in [3.63, 3.8) is 0 Å². The fourth-order valence-corrected chi connectivity index (χ4v) is 4.05. The Balaban J connectivity index is 2.17. The molecule has 0 aromatic rings. The maximum absolute atomic E-state index is 9.83. The number of hydrogen-bond donors (Lipinski definition) is 0. The first kappa shape index (κ1) is 13.9. The van der Waals surface area contributed by atoms with Crippen molar-refractivity contribution in [2.24, 2.45) is 11.3 Å². The van der Waals surface area contributed by atoms with E-state index in [1.165, 1.54) is 38.5 Å². The maximum atomic E-state index is 9.83. The Morgan fingerprint density at radius 1 is 1.06 bits per heavy atom. The molecule has 2 heteroatoms. The molecule has 1 heterocycles. The fraction of sp³-hybridized carbons (Fsp3) is 0.938. The number of hydrogen-bond acceptors (Lipinski definition) is 2. The zero-order valence-corrected chi connectivity index (χ0v) is 12.3. The zero-order chi connectivity index (χ0) is 13.2. The summed E-state index contributed by atoms with van der Waals surface area (Å²) in [6, 6.07) is 2.73. The first-order valence-electron chi connectivity index (χ1n) is 7.66. The average molecular weight is 248 g/mol. The van der Waals surface area contributed by atoms with Crippen LogP contribution in [0.2, 0.25) is 0 Å². The summed E-state index contributed by atoms with van der Waals surface area (Å²) in [5, 5.41) is 9.83. The van der Waals surface area contributed by atoms with E-state index in [4.69, 9.17) is 0 Å². The van der Waals surface area contributed by atoms with E-state index in [1.807, 2.05) is 0 Å². The van der Waals surface area contributed by atoms with Crippen molar-refractivity contribution < 1.29 is 0 Å². The highest BCUT2D eigenvalue weighted by Crippen LogP contribution is 2.46. The van der Waals surface area contributed by atoms with Crippen LogP contribution in [-0.2, 0) is 0 Å². The molecule has 0 N–H and O–H groups in total. The minimum atomic E-state index is -0.167.